The Morgan fingerprint density at radius 3 is 2.44 bits per heavy atom. The van der Waals surface area contributed by atoms with Crippen molar-refractivity contribution in [1.82, 2.24) is 5.32 Å². The predicted molar refractivity (Wildman–Crippen MR) is 64.7 cm³/mol. The van der Waals surface area contributed by atoms with Gasteiger partial charge in [-0.25, -0.2) is 0 Å². The summed E-state index contributed by atoms with van der Waals surface area (Å²) in [6.07, 6.45) is 0.0992. The van der Waals surface area contributed by atoms with E-state index in [1.54, 1.807) is 0 Å². The maximum atomic E-state index is 10.9. The van der Waals surface area contributed by atoms with Crippen LogP contribution in [0, 0.1) is 0 Å². The number of hydrogen-bond acceptors (Lipinski definition) is 6. The van der Waals surface area contributed by atoms with Crippen LogP contribution >= 0.6 is 0 Å². The van der Waals surface area contributed by atoms with Gasteiger partial charge >= 0.3 is 5.97 Å². The van der Waals surface area contributed by atoms with Gasteiger partial charge < -0.3 is 31.1 Å². The fourth-order valence-electron chi connectivity index (χ4n) is 1.57. The van der Waals surface area contributed by atoms with Crippen LogP contribution in [0.25, 0.3) is 0 Å². The molecule has 1 rings (SSSR count). The Morgan fingerprint density at radius 1 is 1.33 bits per heavy atom. The number of carboxylic acid groups (broad SMARTS) is 1. The number of benzene rings is 1. The minimum Gasteiger partial charge on any atom is -0.504 e. The predicted octanol–water partition coefficient (Wildman–Crippen LogP) is -0.325. The first-order valence-electron chi connectivity index (χ1n) is 5.29. The molecule has 6 N–H and O–H groups in total. The molecule has 0 aliphatic carbocycles. The molecule has 0 radical (unpaired) electrons. The summed E-state index contributed by atoms with van der Waals surface area (Å²) in [6.45, 7) is -0.367. The van der Waals surface area contributed by atoms with E-state index in [1.165, 1.54) is 19.2 Å². The summed E-state index contributed by atoms with van der Waals surface area (Å²) < 4.78 is 0. The highest BCUT2D eigenvalue weighted by Gasteiger charge is 2.18. The summed E-state index contributed by atoms with van der Waals surface area (Å²) >= 11 is 0. The second-order valence-corrected chi connectivity index (χ2v) is 3.72. The summed E-state index contributed by atoms with van der Waals surface area (Å²) in [5, 5.41) is 41.7. The standard InChI is InChI=1S/C11H16N2O5/c1-12-8(11(17)18)2-6-3-9(15)10(16)4-7(6)13-5-14/h3-4,8,12-16H,2,5H2,1H3,(H,17,18)/t8-/m0/s1. The van der Waals surface area contributed by atoms with Crippen molar-refractivity contribution in [3.8, 4) is 11.5 Å². The van der Waals surface area contributed by atoms with E-state index in [4.69, 9.17) is 10.2 Å². The molecule has 7 heteroatoms. The van der Waals surface area contributed by atoms with Gasteiger partial charge in [0, 0.05) is 18.2 Å². The third-order valence-electron chi connectivity index (χ3n) is 2.54. The first kappa shape index (κ1) is 14.1. The summed E-state index contributed by atoms with van der Waals surface area (Å²) in [7, 11) is 1.51. The Balaban J connectivity index is 3.05. The van der Waals surface area contributed by atoms with Crippen LogP contribution in [-0.2, 0) is 11.2 Å². The van der Waals surface area contributed by atoms with E-state index in [1.807, 2.05) is 0 Å². The van der Waals surface area contributed by atoms with Gasteiger partial charge in [0.2, 0.25) is 0 Å². The molecule has 0 aromatic heterocycles. The number of aliphatic carboxylic acids is 1. The average molecular weight is 256 g/mol. The highest BCUT2D eigenvalue weighted by molar-refractivity contribution is 5.74. The topological polar surface area (TPSA) is 122 Å². The Kier molecular flexibility index (Phi) is 4.75. The molecule has 1 atom stereocenters. The first-order chi connectivity index (χ1) is 8.49. The lowest BCUT2D eigenvalue weighted by Gasteiger charge is -2.16. The third kappa shape index (κ3) is 3.25. The minimum atomic E-state index is -1.03. The number of carbonyl (C=O) groups is 1. The summed E-state index contributed by atoms with van der Waals surface area (Å²) in [5.41, 5.74) is 0.843. The van der Waals surface area contributed by atoms with E-state index in [2.05, 4.69) is 10.6 Å². The SMILES string of the molecule is CN[C@@H](Cc1cc(O)c(O)cc1NCO)C(=O)O. The molecule has 0 aliphatic rings. The van der Waals surface area contributed by atoms with Crippen LogP contribution in [0.15, 0.2) is 12.1 Å². The number of phenols is 2. The van der Waals surface area contributed by atoms with Gasteiger partial charge in [-0.2, -0.15) is 0 Å². The van der Waals surface area contributed by atoms with Crippen LogP contribution < -0.4 is 10.6 Å². The molecule has 100 valence electrons. The van der Waals surface area contributed by atoms with Crippen molar-refractivity contribution in [3.05, 3.63) is 17.7 Å². The number of nitrogens with one attached hydrogen (secondary N) is 2. The molecule has 1 aromatic rings. The largest absolute Gasteiger partial charge is 0.504 e. The number of rotatable bonds is 6. The molecule has 0 aliphatic heterocycles. The van der Waals surface area contributed by atoms with Crippen LogP contribution in [0.3, 0.4) is 0 Å². The number of aliphatic hydroxyl groups excluding tert-OH is 1. The van der Waals surface area contributed by atoms with Gasteiger partial charge in [-0.15, -0.1) is 0 Å². The van der Waals surface area contributed by atoms with Gasteiger partial charge in [-0.05, 0) is 18.7 Å². The second kappa shape index (κ2) is 6.08. The third-order valence-corrected chi connectivity index (χ3v) is 2.54. The lowest BCUT2D eigenvalue weighted by Crippen LogP contribution is -2.35. The van der Waals surface area contributed by atoms with E-state index < -0.39 is 12.0 Å². The number of hydrogen-bond donors (Lipinski definition) is 6. The van der Waals surface area contributed by atoms with Crippen LogP contribution in [0.4, 0.5) is 5.69 Å². The number of phenolic OH excluding ortho intramolecular Hbond substituents is 2. The average Bonchev–Trinajstić information content (AvgIpc) is 2.31. The van der Waals surface area contributed by atoms with Crippen LogP contribution in [0.1, 0.15) is 5.56 Å². The first-order valence-corrected chi connectivity index (χ1v) is 5.29. The van der Waals surface area contributed by atoms with Gasteiger partial charge in [0.1, 0.15) is 12.8 Å². The highest BCUT2D eigenvalue weighted by atomic mass is 16.4. The Hall–Kier alpha value is -1.99. The maximum absolute atomic E-state index is 10.9. The van der Waals surface area contributed by atoms with Gasteiger partial charge in [-0.1, -0.05) is 0 Å². The summed E-state index contributed by atoms with van der Waals surface area (Å²) in [5.74, 6) is -1.71. The van der Waals surface area contributed by atoms with E-state index in [-0.39, 0.29) is 24.7 Å². The number of aromatic hydroxyl groups is 2. The zero-order chi connectivity index (χ0) is 13.7. The van der Waals surface area contributed by atoms with E-state index in [9.17, 15) is 15.0 Å². The van der Waals surface area contributed by atoms with Crippen molar-refractivity contribution < 1.29 is 25.2 Å². The number of aliphatic hydroxyl groups is 1. The highest BCUT2D eigenvalue weighted by Crippen LogP contribution is 2.32. The quantitative estimate of drug-likeness (QED) is 0.234. The Labute approximate surface area is 104 Å². The molecular formula is C11H16N2O5. The zero-order valence-corrected chi connectivity index (χ0v) is 9.84. The number of carboxylic acids is 1. The Bertz CT molecular complexity index is 436. The molecule has 7 nitrogen and oxygen atoms in total. The number of anilines is 1. The van der Waals surface area contributed by atoms with E-state index in [0.717, 1.165) is 0 Å². The molecule has 0 heterocycles. The van der Waals surface area contributed by atoms with Crippen LogP contribution in [-0.4, -0.2) is 46.2 Å². The minimum absolute atomic E-state index is 0.0992. The second-order valence-electron chi connectivity index (χ2n) is 3.72. The van der Waals surface area contributed by atoms with Crippen LogP contribution in [0.5, 0.6) is 11.5 Å². The van der Waals surface area contributed by atoms with Crippen molar-refractivity contribution in [2.75, 3.05) is 19.1 Å². The number of likely N-dealkylation sites (N-methyl/N-ethyl adjacent to an activating group) is 1. The summed E-state index contributed by atoms with van der Waals surface area (Å²) in [4.78, 5) is 10.9. The molecule has 0 saturated heterocycles. The van der Waals surface area contributed by atoms with E-state index >= 15 is 0 Å². The van der Waals surface area contributed by atoms with Gasteiger partial charge in [0.15, 0.2) is 11.5 Å². The molecule has 1 aromatic carbocycles. The fourth-order valence-corrected chi connectivity index (χ4v) is 1.57. The smallest absolute Gasteiger partial charge is 0.321 e. The normalized spacial score (nSPS) is 12.1. The van der Waals surface area contributed by atoms with Crippen LogP contribution in [0.2, 0.25) is 0 Å². The van der Waals surface area contributed by atoms with Crippen molar-refractivity contribution in [1.29, 1.82) is 0 Å². The Morgan fingerprint density at radius 2 is 1.94 bits per heavy atom. The lowest BCUT2D eigenvalue weighted by molar-refractivity contribution is -0.139. The monoisotopic (exact) mass is 256 g/mol. The molecule has 0 bridgehead atoms. The molecule has 18 heavy (non-hydrogen) atoms. The van der Waals surface area contributed by atoms with Crippen molar-refractivity contribution in [2.45, 2.75) is 12.5 Å². The van der Waals surface area contributed by atoms with Crippen molar-refractivity contribution in [3.63, 3.8) is 0 Å². The van der Waals surface area contributed by atoms with Crippen molar-refractivity contribution in [2.24, 2.45) is 0 Å². The molecule has 0 spiro atoms. The van der Waals surface area contributed by atoms with Gasteiger partial charge in [0.05, 0.1) is 0 Å². The maximum Gasteiger partial charge on any atom is 0.321 e. The van der Waals surface area contributed by atoms with Gasteiger partial charge in [-0.3, -0.25) is 4.79 Å². The van der Waals surface area contributed by atoms with Gasteiger partial charge in [0.25, 0.3) is 0 Å². The lowest BCUT2D eigenvalue weighted by atomic mass is 10.0. The summed E-state index contributed by atoms with van der Waals surface area (Å²) in [6, 6.07) is 1.67. The molecular weight excluding hydrogens is 240 g/mol. The fraction of sp³-hybridized carbons (Fsp3) is 0.364. The molecule has 0 fully saturated rings. The molecule has 0 saturated carbocycles. The molecule has 0 unspecified atom stereocenters. The molecule has 0 amide bonds. The van der Waals surface area contributed by atoms with E-state index in [0.29, 0.717) is 11.3 Å². The zero-order valence-electron chi connectivity index (χ0n) is 9.84. The van der Waals surface area contributed by atoms with Crippen molar-refractivity contribution >= 4 is 11.7 Å².